The Balaban J connectivity index is 0.000000155. The van der Waals surface area contributed by atoms with Crippen molar-refractivity contribution in [2.24, 2.45) is 0 Å². The number of hydrogen-bond acceptors (Lipinski definition) is 2. The van der Waals surface area contributed by atoms with Crippen molar-refractivity contribution in [1.82, 2.24) is 0 Å². The van der Waals surface area contributed by atoms with E-state index in [1.54, 1.807) is 54.6 Å². The fourth-order valence-electron chi connectivity index (χ4n) is 11.2. The van der Waals surface area contributed by atoms with E-state index in [1.165, 1.54) is 0 Å². The average Bonchev–Trinajstić information content (AvgIpc) is 0.908. The molecule has 0 N–H and O–H groups in total. The molecule has 0 saturated heterocycles. The summed E-state index contributed by atoms with van der Waals surface area (Å²) in [7, 11) is 0. The van der Waals surface area contributed by atoms with Gasteiger partial charge in [-0.2, -0.15) is 0 Å². The first-order valence-electron chi connectivity index (χ1n) is 33.4. The van der Waals surface area contributed by atoms with Gasteiger partial charge >= 0.3 is 0 Å². The molecule has 0 radical (unpaired) electrons. The van der Waals surface area contributed by atoms with E-state index in [1.807, 2.05) is 140 Å². The second kappa shape index (κ2) is 18.8. The van der Waals surface area contributed by atoms with Crippen LogP contribution in [0.5, 0.6) is 0 Å². The summed E-state index contributed by atoms with van der Waals surface area (Å²) in [5, 5.41) is 5.49. The largest absolute Gasteiger partial charge is 0.455 e. The summed E-state index contributed by atoms with van der Waals surface area (Å²) in [4.78, 5) is 0. The Hall–Kier alpha value is -10.3. The molecule has 0 amide bonds. The minimum atomic E-state index is -0.425. The number of rotatable bonds is 6. The Bertz CT molecular complexity index is 5730. The van der Waals surface area contributed by atoms with Crippen LogP contribution in [0.25, 0.3) is 154 Å². The van der Waals surface area contributed by atoms with Crippen LogP contribution in [0.1, 0.15) is 21.9 Å². The molecule has 0 spiro atoms. The predicted molar refractivity (Wildman–Crippen MR) is 330 cm³/mol. The van der Waals surface area contributed by atoms with Crippen molar-refractivity contribution in [1.29, 1.82) is 0 Å². The Labute approximate surface area is 473 Å². The number of hydrogen-bond donors (Lipinski definition) is 0. The van der Waals surface area contributed by atoms with Crippen molar-refractivity contribution >= 4 is 87.0 Å². The van der Waals surface area contributed by atoms with E-state index >= 15 is 0 Å². The van der Waals surface area contributed by atoms with Gasteiger partial charge in [0.25, 0.3) is 0 Å². The fourth-order valence-corrected chi connectivity index (χ4v) is 11.2. The molecule has 2 heterocycles. The first-order valence-corrected chi connectivity index (χ1v) is 25.4. The number of furan rings is 2. The summed E-state index contributed by atoms with van der Waals surface area (Å²) >= 11 is 0. The molecule has 14 aromatic carbocycles. The van der Waals surface area contributed by atoms with Gasteiger partial charge in [0.05, 0.1) is 21.9 Å². The summed E-state index contributed by atoms with van der Waals surface area (Å²) in [5.74, 6) is 0. The number of benzene rings is 14. The standard InChI is InChI=1S/2C38H24O/c1-2-12-25(13-3-1)36-30-17-4-6-19-32(30)37(33-20-7-5-18-31(33)36)27-15-10-14-26(24-27)28-21-11-22-34-29-16-8-9-23-35(29)39-38(28)34;1-2-11-26(12-3-1)36-30-14-4-6-16-32(30)37(33-17-7-5-15-31(33)36)27-23-21-25(22-24-27)28-18-10-19-34-29-13-8-9-20-35(29)39-38(28)34/h2*1-24H/i4D,5D,6D,7D,17D,18D,19D,20D;4D,5D,6D,7D,14D,15D,16D,17D. The van der Waals surface area contributed by atoms with E-state index in [9.17, 15) is 0 Å². The molecular weight excluding hydrogens is 945 g/mol. The van der Waals surface area contributed by atoms with Gasteiger partial charge < -0.3 is 8.83 Å². The van der Waals surface area contributed by atoms with Crippen molar-refractivity contribution in [2.45, 2.75) is 0 Å². The molecule has 0 aliphatic heterocycles. The highest BCUT2D eigenvalue weighted by molar-refractivity contribution is 6.23. The van der Waals surface area contributed by atoms with Crippen LogP contribution in [0.15, 0.2) is 300 Å². The zero-order valence-corrected chi connectivity index (χ0v) is 41.3. The summed E-state index contributed by atoms with van der Waals surface area (Å²) in [5.41, 5.74) is 9.88. The zero-order chi connectivity index (χ0) is 65.4. The van der Waals surface area contributed by atoms with E-state index in [-0.39, 0.29) is 91.4 Å². The van der Waals surface area contributed by atoms with E-state index in [4.69, 9.17) is 30.8 Å². The van der Waals surface area contributed by atoms with Crippen molar-refractivity contribution < 1.29 is 30.8 Å². The van der Waals surface area contributed by atoms with Gasteiger partial charge in [0.1, 0.15) is 22.3 Å². The summed E-state index contributed by atoms with van der Waals surface area (Å²) in [6.07, 6.45) is 0. The van der Waals surface area contributed by atoms with Crippen LogP contribution in [0, 0.1) is 0 Å². The summed E-state index contributed by atoms with van der Waals surface area (Å²) in [6.45, 7) is 0. The van der Waals surface area contributed by atoms with Crippen LogP contribution in [-0.2, 0) is 0 Å². The molecule has 78 heavy (non-hydrogen) atoms. The van der Waals surface area contributed by atoms with Crippen LogP contribution < -0.4 is 0 Å². The summed E-state index contributed by atoms with van der Waals surface area (Å²) in [6, 6.07) is 54.8. The lowest BCUT2D eigenvalue weighted by Gasteiger charge is -2.18. The molecule has 364 valence electrons. The van der Waals surface area contributed by atoms with E-state index in [0.29, 0.717) is 50.1 Å². The lowest BCUT2D eigenvalue weighted by molar-refractivity contribution is 0.669. The van der Waals surface area contributed by atoms with E-state index < -0.39 is 48.3 Å². The average molecular weight is 1010 g/mol. The third-order valence-corrected chi connectivity index (χ3v) is 14.6. The maximum absolute atomic E-state index is 9.16. The molecule has 0 aliphatic rings. The van der Waals surface area contributed by atoms with Gasteiger partial charge in [-0.05, 0) is 117 Å². The minimum absolute atomic E-state index is 0.187. The Morgan fingerprint density at radius 1 is 0.218 bits per heavy atom. The first-order chi connectivity index (χ1) is 45.4. The van der Waals surface area contributed by atoms with Crippen LogP contribution >= 0.6 is 0 Å². The molecule has 2 heteroatoms. The zero-order valence-electron chi connectivity index (χ0n) is 57.3. The SMILES string of the molecule is [2H]c1c([2H])c([2H])c2c(-c3ccc(-c4cccc5c4oc4ccccc45)cc3)c3c([2H])c([2H])c([2H])c([2H])c3c(-c3ccccc3)c2c1[2H].[2H]c1c([2H])c([2H])c2c(-c3cccc(-c4cccc5c4oc4ccccc45)c3)c3c([2H])c([2H])c([2H])c([2H])c3c(-c3ccccc3)c2c1[2H]. The molecule has 0 atom stereocenters. The Morgan fingerprint density at radius 3 is 0.936 bits per heavy atom. The third-order valence-electron chi connectivity index (χ3n) is 14.6. The minimum Gasteiger partial charge on any atom is -0.455 e. The van der Waals surface area contributed by atoms with Gasteiger partial charge in [0.2, 0.25) is 0 Å². The first kappa shape index (κ1) is 31.6. The molecule has 2 nitrogen and oxygen atoms in total. The molecule has 16 rings (SSSR count). The van der Waals surface area contributed by atoms with Crippen LogP contribution in [0.3, 0.4) is 0 Å². The number of fused-ring (bicyclic) bond motifs is 10. The third kappa shape index (κ3) is 7.49. The van der Waals surface area contributed by atoms with Crippen molar-refractivity contribution in [3.63, 3.8) is 0 Å². The van der Waals surface area contributed by atoms with Gasteiger partial charge in [0, 0.05) is 32.7 Å². The Morgan fingerprint density at radius 2 is 0.513 bits per heavy atom. The van der Waals surface area contributed by atoms with Crippen molar-refractivity contribution in [2.75, 3.05) is 0 Å². The highest BCUT2D eigenvalue weighted by Gasteiger charge is 2.20. The quantitative estimate of drug-likeness (QED) is 0.155. The summed E-state index contributed by atoms with van der Waals surface area (Å²) < 4.78 is 154. The van der Waals surface area contributed by atoms with E-state index in [0.717, 1.165) is 60.5 Å². The lowest BCUT2D eigenvalue weighted by Crippen LogP contribution is -1.91. The molecule has 0 unspecified atom stereocenters. The van der Waals surface area contributed by atoms with Gasteiger partial charge in [-0.15, -0.1) is 0 Å². The molecule has 0 bridgehead atoms. The highest BCUT2D eigenvalue weighted by Crippen LogP contribution is 2.47. The molecule has 0 aliphatic carbocycles. The fraction of sp³-hybridized carbons (Fsp3) is 0. The van der Waals surface area contributed by atoms with Crippen LogP contribution in [-0.4, -0.2) is 0 Å². The molecular formula is C76H48O2. The van der Waals surface area contributed by atoms with Gasteiger partial charge in [-0.25, -0.2) is 0 Å². The highest BCUT2D eigenvalue weighted by atomic mass is 16.3. The Kier molecular flexibility index (Phi) is 7.62. The van der Waals surface area contributed by atoms with Crippen LogP contribution in [0.2, 0.25) is 0 Å². The van der Waals surface area contributed by atoms with Gasteiger partial charge in [0.15, 0.2) is 0 Å². The monoisotopic (exact) mass is 1010 g/mol. The van der Waals surface area contributed by atoms with Gasteiger partial charge in [-0.1, -0.05) is 273 Å². The molecule has 0 fully saturated rings. The maximum atomic E-state index is 9.16. The molecule has 0 saturated carbocycles. The van der Waals surface area contributed by atoms with Gasteiger partial charge in [-0.3, -0.25) is 0 Å². The maximum Gasteiger partial charge on any atom is 0.143 e. The molecule has 16 aromatic rings. The second-order valence-corrected chi connectivity index (χ2v) is 19.0. The molecule has 2 aromatic heterocycles. The number of para-hydroxylation sites is 4. The van der Waals surface area contributed by atoms with Crippen molar-refractivity contribution in [3.05, 3.63) is 291 Å². The lowest BCUT2D eigenvalue weighted by atomic mass is 9.85. The second-order valence-electron chi connectivity index (χ2n) is 19.0. The smallest absolute Gasteiger partial charge is 0.143 e. The topological polar surface area (TPSA) is 26.3 Å². The van der Waals surface area contributed by atoms with Crippen LogP contribution in [0.4, 0.5) is 0 Å². The normalized spacial score (nSPS) is 14.5. The predicted octanol–water partition coefficient (Wildman–Crippen LogP) is 21.8. The van der Waals surface area contributed by atoms with Crippen molar-refractivity contribution in [3.8, 4) is 66.8 Å². The van der Waals surface area contributed by atoms with E-state index in [2.05, 4.69) is 0 Å².